The summed E-state index contributed by atoms with van der Waals surface area (Å²) in [5.74, 6) is -0.738. The topological polar surface area (TPSA) is 75.6 Å². The number of carbonyl (C=O) groups is 1. The lowest BCUT2D eigenvalue weighted by molar-refractivity contribution is 0.137. The van der Waals surface area contributed by atoms with Crippen LogP contribution in [0.15, 0.2) is 30.3 Å². The molecular weight excluding hydrogens is 265 g/mol. The lowest BCUT2D eigenvalue weighted by atomic mass is 10.2. The Morgan fingerprint density at radius 2 is 2.11 bits per heavy atom. The number of carbonyl (C=O) groups excluding carboxylic acids is 1. The maximum absolute atomic E-state index is 11.5. The van der Waals surface area contributed by atoms with Gasteiger partial charge in [0.1, 0.15) is 6.61 Å². The van der Waals surface area contributed by atoms with Gasteiger partial charge in [0.05, 0.1) is 0 Å². The summed E-state index contributed by atoms with van der Waals surface area (Å²) in [5, 5.41) is 2.43. The fourth-order valence-electron chi connectivity index (χ4n) is 1.54. The van der Waals surface area contributed by atoms with Gasteiger partial charge in [-0.3, -0.25) is 5.32 Å². The summed E-state index contributed by atoms with van der Waals surface area (Å²) in [4.78, 5) is 20.6. The van der Waals surface area contributed by atoms with Crippen LogP contribution in [0.1, 0.15) is 31.7 Å². The van der Waals surface area contributed by atoms with Crippen molar-refractivity contribution in [2.24, 2.45) is 0 Å². The maximum atomic E-state index is 11.5. The Hall–Kier alpha value is -1.45. The number of hydrogen-bond donors (Lipinski definition) is 2. The van der Waals surface area contributed by atoms with E-state index in [1.54, 1.807) is 0 Å². The van der Waals surface area contributed by atoms with Gasteiger partial charge < -0.3 is 4.74 Å². The van der Waals surface area contributed by atoms with Crippen LogP contribution in [-0.4, -0.2) is 16.8 Å². The van der Waals surface area contributed by atoms with E-state index in [0.29, 0.717) is 6.42 Å². The summed E-state index contributed by atoms with van der Waals surface area (Å²) < 4.78 is 16.1. The number of alkyl carbamates (subject to hydrolysis) is 1. The first kappa shape index (κ1) is 15.6. The van der Waals surface area contributed by atoms with Crippen LogP contribution in [0, 0.1) is 0 Å². The lowest BCUT2D eigenvalue weighted by Gasteiger charge is -2.08. The third kappa shape index (κ3) is 6.32. The van der Waals surface area contributed by atoms with Crippen molar-refractivity contribution in [3.05, 3.63) is 35.9 Å². The third-order valence-electron chi connectivity index (χ3n) is 2.59. The second-order valence-electron chi connectivity index (χ2n) is 4.17. The SMILES string of the molecule is CCCCC(NC(=O)OCc1ccccc1)[P+](=O)O. The van der Waals surface area contributed by atoms with Crippen LogP contribution in [0.5, 0.6) is 0 Å². The van der Waals surface area contributed by atoms with E-state index in [0.717, 1.165) is 18.4 Å². The zero-order chi connectivity index (χ0) is 14.1. The molecule has 0 aromatic heterocycles. The molecule has 1 rings (SSSR count). The van der Waals surface area contributed by atoms with Crippen molar-refractivity contribution in [3.8, 4) is 0 Å². The molecule has 1 aromatic carbocycles. The molecule has 0 aliphatic rings. The van der Waals surface area contributed by atoms with E-state index in [1.165, 1.54) is 0 Å². The van der Waals surface area contributed by atoms with Crippen molar-refractivity contribution in [2.75, 3.05) is 0 Å². The minimum atomic E-state index is -2.43. The highest BCUT2D eigenvalue weighted by atomic mass is 31.1. The molecule has 5 nitrogen and oxygen atoms in total. The molecule has 0 heterocycles. The third-order valence-corrected chi connectivity index (χ3v) is 3.52. The van der Waals surface area contributed by atoms with Gasteiger partial charge in [-0.05, 0) is 16.5 Å². The molecule has 0 spiro atoms. The average molecular weight is 284 g/mol. The van der Waals surface area contributed by atoms with E-state index >= 15 is 0 Å². The Kier molecular flexibility index (Phi) is 7.08. The average Bonchev–Trinajstić information content (AvgIpc) is 2.42. The quantitative estimate of drug-likeness (QED) is 0.754. The van der Waals surface area contributed by atoms with Crippen molar-refractivity contribution >= 4 is 14.1 Å². The summed E-state index contributed by atoms with van der Waals surface area (Å²) in [6, 6.07) is 9.26. The highest BCUT2D eigenvalue weighted by molar-refractivity contribution is 7.38. The maximum Gasteiger partial charge on any atom is 0.530 e. The molecule has 104 valence electrons. The van der Waals surface area contributed by atoms with Crippen LogP contribution in [0.25, 0.3) is 0 Å². The zero-order valence-electron chi connectivity index (χ0n) is 10.9. The Morgan fingerprint density at radius 3 is 2.68 bits per heavy atom. The van der Waals surface area contributed by atoms with Crippen LogP contribution >= 0.6 is 8.03 Å². The molecule has 0 bridgehead atoms. The molecule has 1 aromatic rings. The van der Waals surface area contributed by atoms with Gasteiger partial charge in [-0.2, -0.15) is 4.89 Å². The fourth-order valence-corrected chi connectivity index (χ4v) is 2.16. The van der Waals surface area contributed by atoms with Gasteiger partial charge in [-0.25, -0.2) is 4.79 Å². The second-order valence-corrected chi connectivity index (χ2v) is 5.40. The molecular formula is C13H19NO4P+. The number of amides is 1. The summed E-state index contributed by atoms with van der Waals surface area (Å²) in [6.45, 7) is 2.13. The van der Waals surface area contributed by atoms with Crippen molar-refractivity contribution in [3.63, 3.8) is 0 Å². The van der Waals surface area contributed by atoms with Gasteiger partial charge in [0, 0.05) is 6.42 Å². The fraction of sp³-hybridized carbons (Fsp3) is 0.462. The Bertz CT molecular complexity index is 410. The molecule has 1 amide bonds. The molecule has 2 unspecified atom stereocenters. The standard InChI is InChI=1S/C13H18NO4P/c1-2-3-9-12(19(16)17)14-13(15)18-10-11-7-5-4-6-8-11/h4-8,12H,2-3,9-10H2,1H3,(H-,14,15,16,17)/p+1. The summed E-state index contributed by atoms with van der Waals surface area (Å²) in [5.41, 5.74) is 0.871. The normalized spacial score (nSPS) is 12.6. The highest BCUT2D eigenvalue weighted by Gasteiger charge is 2.30. The van der Waals surface area contributed by atoms with Gasteiger partial charge in [-0.15, -0.1) is 0 Å². The van der Waals surface area contributed by atoms with Crippen molar-refractivity contribution < 1.29 is 19.0 Å². The Morgan fingerprint density at radius 1 is 1.42 bits per heavy atom. The van der Waals surface area contributed by atoms with Gasteiger partial charge >= 0.3 is 14.1 Å². The number of rotatable bonds is 7. The first-order valence-corrected chi connectivity index (χ1v) is 7.54. The Labute approximate surface area is 113 Å². The van der Waals surface area contributed by atoms with E-state index < -0.39 is 19.9 Å². The summed E-state index contributed by atoms with van der Waals surface area (Å²) >= 11 is 0. The Balaban J connectivity index is 2.38. The van der Waals surface area contributed by atoms with Gasteiger partial charge in [0.2, 0.25) is 0 Å². The first-order valence-electron chi connectivity index (χ1n) is 6.26. The molecule has 0 saturated heterocycles. The van der Waals surface area contributed by atoms with E-state index in [-0.39, 0.29) is 6.61 Å². The minimum Gasteiger partial charge on any atom is -0.445 e. The highest BCUT2D eigenvalue weighted by Crippen LogP contribution is 2.24. The molecule has 0 aliphatic carbocycles. The molecule has 6 heteroatoms. The lowest BCUT2D eigenvalue weighted by Crippen LogP contribution is -2.32. The van der Waals surface area contributed by atoms with E-state index in [2.05, 4.69) is 5.32 Å². The summed E-state index contributed by atoms with van der Waals surface area (Å²) in [6.07, 6.45) is 1.50. The van der Waals surface area contributed by atoms with Gasteiger partial charge in [0.25, 0.3) is 5.78 Å². The zero-order valence-corrected chi connectivity index (χ0v) is 11.8. The molecule has 0 saturated carbocycles. The molecule has 2 N–H and O–H groups in total. The van der Waals surface area contributed by atoms with Gasteiger partial charge in [-0.1, -0.05) is 43.7 Å². The summed E-state index contributed by atoms with van der Waals surface area (Å²) in [7, 11) is -2.43. The first-order chi connectivity index (χ1) is 9.13. The van der Waals surface area contributed by atoms with Crippen molar-refractivity contribution in [2.45, 2.75) is 38.6 Å². The second kappa shape index (κ2) is 8.62. The van der Waals surface area contributed by atoms with E-state index in [4.69, 9.17) is 9.63 Å². The smallest absolute Gasteiger partial charge is 0.445 e. The van der Waals surface area contributed by atoms with Crippen LogP contribution in [0.3, 0.4) is 0 Å². The largest absolute Gasteiger partial charge is 0.530 e. The van der Waals surface area contributed by atoms with Crippen LogP contribution < -0.4 is 5.32 Å². The van der Waals surface area contributed by atoms with Crippen molar-refractivity contribution in [1.29, 1.82) is 0 Å². The van der Waals surface area contributed by atoms with E-state index in [1.807, 2.05) is 37.3 Å². The van der Waals surface area contributed by atoms with E-state index in [9.17, 15) is 9.36 Å². The number of nitrogens with one attached hydrogen (secondary N) is 1. The molecule has 0 radical (unpaired) electrons. The predicted molar refractivity (Wildman–Crippen MR) is 72.9 cm³/mol. The monoisotopic (exact) mass is 284 g/mol. The van der Waals surface area contributed by atoms with Crippen LogP contribution in [-0.2, 0) is 15.9 Å². The number of unbranched alkanes of at least 4 members (excludes halogenated alkanes) is 1. The minimum absolute atomic E-state index is 0.148. The predicted octanol–water partition coefficient (Wildman–Crippen LogP) is 3.16. The number of benzene rings is 1. The molecule has 0 fully saturated rings. The van der Waals surface area contributed by atoms with Crippen molar-refractivity contribution in [1.82, 2.24) is 5.32 Å². The number of ether oxygens (including phenoxy) is 1. The van der Waals surface area contributed by atoms with Crippen LogP contribution in [0.2, 0.25) is 0 Å². The van der Waals surface area contributed by atoms with Gasteiger partial charge in [0.15, 0.2) is 0 Å². The molecule has 0 aliphatic heterocycles. The number of hydrogen-bond acceptors (Lipinski definition) is 3. The van der Waals surface area contributed by atoms with Crippen LogP contribution in [0.4, 0.5) is 4.79 Å². The molecule has 2 atom stereocenters. The molecule has 19 heavy (non-hydrogen) atoms.